The maximum Gasteiger partial charge on any atom is 0.237 e. The molecule has 0 spiro atoms. The van der Waals surface area contributed by atoms with Crippen LogP contribution in [0.2, 0.25) is 0 Å². The summed E-state index contributed by atoms with van der Waals surface area (Å²) < 4.78 is 0. The van der Waals surface area contributed by atoms with Gasteiger partial charge in [0.2, 0.25) is 5.91 Å². The lowest BCUT2D eigenvalue weighted by molar-refractivity contribution is -0.131. The normalized spacial score (nSPS) is 26.5. The van der Waals surface area contributed by atoms with Crippen LogP contribution in [0.25, 0.3) is 0 Å². The Kier molecular flexibility index (Phi) is 4.55. The van der Waals surface area contributed by atoms with E-state index >= 15 is 0 Å². The number of carbonyl (C=O) groups is 1. The summed E-state index contributed by atoms with van der Waals surface area (Å²) in [4.78, 5) is 14.0. The number of hydrogen-bond acceptors (Lipinski definition) is 3. The predicted molar refractivity (Wildman–Crippen MR) is 70.7 cm³/mol. The minimum atomic E-state index is -0.0782. The molecular formula is C13H27N3O. The van der Waals surface area contributed by atoms with Gasteiger partial charge < -0.3 is 11.1 Å². The highest BCUT2D eigenvalue weighted by Crippen LogP contribution is 2.29. The smallest absolute Gasteiger partial charge is 0.237 e. The van der Waals surface area contributed by atoms with Gasteiger partial charge in [-0.2, -0.15) is 0 Å². The third kappa shape index (κ3) is 3.19. The molecule has 3 N–H and O–H groups in total. The number of hydrogen-bond donors (Lipinski definition) is 2. The summed E-state index contributed by atoms with van der Waals surface area (Å²) in [6.07, 6.45) is 0.937. The average Bonchev–Trinajstić information content (AvgIpc) is 2.22. The predicted octanol–water partition coefficient (Wildman–Crippen LogP) is 0.959. The van der Waals surface area contributed by atoms with Gasteiger partial charge in [0.05, 0.1) is 6.04 Å². The molecular weight excluding hydrogens is 214 g/mol. The van der Waals surface area contributed by atoms with Gasteiger partial charge in [-0.3, -0.25) is 9.69 Å². The van der Waals surface area contributed by atoms with Crippen molar-refractivity contribution in [2.45, 2.75) is 59.2 Å². The molecule has 3 atom stereocenters. The van der Waals surface area contributed by atoms with Crippen LogP contribution in [0.15, 0.2) is 0 Å². The van der Waals surface area contributed by atoms with Crippen LogP contribution in [0.4, 0.5) is 0 Å². The molecule has 100 valence electrons. The number of piperazine rings is 1. The zero-order valence-corrected chi connectivity index (χ0v) is 11.8. The molecule has 0 aromatic heterocycles. The molecule has 1 aliphatic heterocycles. The molecule has 1 heterocycles. The molecule has 1 saturated heterocycles. The van der Waals surface area contributed by atoms with E-state index in [-0.39, 0.29) is 29.4 Å². The summed E-state index contributed by atoms with van der Waals surface area (Å²) in [7, 11) is 0. The third-order valence-electron chi connectivity index (χ3n) is 3.67. The number of carbonyl (C=O) groups excluding carboxylic acids is 1. The molecule has 0 bridgehead atoms. The summed E-state index contributed by atoms with van der Waals surface area (Å²) in [6, 6.07) is 0.280. The lowest BCUT2D eigenvalue weighted by atomic mass is 9.79. The fourth-order valence-electron chi connectivity index (χ4n) is 2.79. The Morgan fingerprint density at radius 2 is 2.12 bits per heavy atom. The van der Waals surface area contributed by atoms with Gasteiger partial charge in [0.15, 0.2) is 0 Å². The van der Waals surface area contributed by atoms with E-state index in [1.165, 1.54) is 0 Å². The summed E-state index contributed by atoms with van der Waals surface area (Å²) in [5, 5.41) is 2.90. The van der Waals surface area contributed by atoms with Crippen molar-refractivity contribution in [1.82, 2.24) is 10.2 Å². The Bertz CT molecular complexity index is 272. The molecule has 1 amide bonds. The van der Waals surface area contributed by atoms with E-state index in [0.29, 0.717) is 0 Å². The highest BCUT2D eigenvalue weighted by molar-refractivity contribution is 5.82. The van der Waals surface area contributed by atoms with Gasteiger partial charge in [-0.1, -0.05) is 27.7 Å². The van der Waals surface area contributed by atoms with Crippen molar-refractivity contribution in [3.8, 4) is 0 Å². The van der Waals surface area contributed by atoms with E-state index in [2.05, 4.69) is 37.9 Å². The third-order valence-corrected chi connectivity index (χ3v) is 3.67. The Morgan fingerprint density at radius 3 is 2.59 bits per heavy atom. The quantitative estimate of drug-likeness (QED) is 0.774. The average molecular weight is 241 g/mol. The van der Waals surface area contributed by atoms with E-state index in [9.17, 15) is 4.79 Å². The van der Waals surface area contributed by atoms with Crippen LogP contribution < -0.4 is 11.1 Å². The van der Waals surface area contributed by atoms with Crippen LogP contribution in [-0.2, 0) is 4.79 Å². The van der Waals surface area contributed by atoms with Gasteiger partial charge in [-0.15, -0.1) is 0 Å². The zero-order valence-electron chi connectivity index (χ0n) is 11.8. The molecule has 1 rings (SSSR count). The molecule has 4 heteroatoms. The monoisotopic (exact) mass is 241 g/mol. The molecule has 0 radical (unpaired) electrons. The van der Waals surface area contributed by atoms with Crippen molar-refractivity contribution in [3.63, 3.8) is 0 Å². The molecule has 17 heavy (non-hydrogen) atoms. The van der Waals surface area contributed by atoms with Crippen molar-refractivity contribution in [1.29, 1.82) is 0 Å². The fraction of sp³-hybridized carbons (Fsp3) is 0.923. The molecule has 3 unspecified atom stereocenters. The highest BCUT2D eigenvalue weighted by Gasteiger charge is 2.39. The lowest BCUT2D eigenvalue weighted by Gasteiger charge is -2.47. The second kappa shape index (κ2) is 5.36. The summed E-state index contributed by atoms with van der Waals surface area (Å²) in [6.45, 7) is 12.3. The van der Waals surface area contributed by atoms with Crippen molar-refractivity contribution in [3.05, 3.63) is 0 Å². The molecule has 0 aromatic rings. The van der Waals surface area contributed by atoms with Crippen molar-refractivity contribution in [2.24, 2.45) is 11.1 Å². The van der Waals surface area contributed by atoms with Gasteiger partial charge in [0, 0.05) is 25.2 Å². The first kappa shape index (κ1) is 14.5. The van der Waals surface area contributed by atoms with E-state index in [4.69, 9.17) is 5.73 Å². The second-order valence-electron chi connectivity index (χ2n) is 6.09. The SMILES string of the molecule is CCC(N)C(N1CCNC(=O)C1C)C(C)(C)C. The molecule has 0 aliphatic carbocycles. The standard InChI is InChI=1S/C13H27N3O/c1-6-10(14)11(13(3,4)5)16-8-7-15-12(17)9(16)2/h9-11H,6-8,14H2,1-5H3,(H,15,17). The maximum absolute atomic E-state index is 11.8. The number of rotatable bonds is 3. The van der Waals surface area contributed by atoms with Crippen molar-refractivity contribution < 1.29 is 4.79 Å². The Labute approximate surface area is 105 Å². The summed E-state index contributed by atoms with van der Waals surface area (Å²) in [5.41, 5.74) is 6.35. The van der Waals surface area contributed by atoms with Crippen molar-refractivity contribution >= 4 is 5.91 Å². The first-order chi connectivity index (χ1) is 7.79. The van der Waals surface area contributed by atoms with Crippen molar-refractivity contribution in [2.75, 3.05) is 13.1 Å². The van der Waals surface area contributed by atoms with Gasteiger partial charge >= 0.3 is 0 Å². The van der Waals surface area contributed by atoms with E-state index in [1.807, 2.05) is 6.92 Å². The van der Waals surface area contributed by atoms with Crippen LogP contribution in [0.1, 0.15) is 41.0 Å². The molecule has 0 aromatic carbocycles. The maximum atomic E-state index is 11.8. The van der Waals surface area contributed by atoms with Crippen LogP contribution in [-0.4, -0.2) is 42.0 Å². The number of amides is 1. The topological polar surface area (TPSA) is 58.4 Å². The molecule has 4 nitrogen and oxygen atoms in total. The zero-order chi connectivity index (χ0) is 13.2. The minimum Gasteiger partial charge on any atom is -0.353 e. The van der Waals surface area contributed by atoms with Crippen LogP contribution in [0, 0.1) is 5.41 Å². The van der Waals surface area contributed by atoms with Gasteiger partial charge in [-0.05, 0) is 18.8 Å². The van der Waals surface area contributed by atoms with Gasteiger partial charge in [0.1, 0.15) is 0 Å². The Balaban J connectivity index is 2.93. The Hall–Kier alpha value is -0.610. The second-order valence-corrected chi connectivity index (χ2v) is 6.09. The first-order valence-electron chi connectivity index (χ1n) is 6.58. The molecule has 0 saturated carbocycles. The van der Waals surface area contributed by atoms with E-state index in [1.54, 1.807) is 0 Å². The first-order valence-corrected chi connectivity index (χ1v) is 6.58. The summed E-state index contributed by atoms with van der Waals surface area (Å²) in [5.74, 6) is 0.119. The molecule has 1 fully saturated rings. The Morgan fingerprint density at radius 1 is 1.53 bits per heavy atom. The lowest BCUT2D eigenvalue weighted by Crippen LogP contribution is -2.64. The summed E-state index contributed by atoms with van der Waals surface area (Å²) >= 11 is 0. The van der Waals surface area contributed by atoms with Gasteiger partial charge in [0.25, 0.3) is 0 Å². The van der Waals surface area contributed by atoms with E-state index in [0.717, 1.165) is 19.5 Å². The number of nitrogens with two attached hydrogens (primary N) is 1. The minimum absolute atomic E-state index is 0.0782. The van der Waals surface area contributed by atoms with E-state index < -0.39 is 0 Å². The largest absolute Gasteiger partial charge is 0.353 e. The van der Waals surface area contributed by atoms with Gasteiger partial charge in [-0.25, -0.2) is 0 Å². The van der Waals surface area contributed by atoms with Crippen LogP contribution >= 0.6 is 0 Å². The molecule has 1 aliphatic rings. The fourth-order valence-corrected chi connectivity index (χ4v) is 2.79. The van der Waals surface area contributed by atoms with Crippen LogP contribution in [0.3, 0.4) is 0 Å². The number of nitrogens with one attached hydrogen (secondary N) is 1. The number of nitrogens with zero attached hydrogens (tertiary/aromatic N) is 1. The van der Waals surface area contributed by atoms with Crippen LogP contribution in [0.5, 0.6) is 0 Å². The highest BCUT2D eigenvalue weighted by atomic mass is 16.2.